The van der Waals surface area contributed by atoms with Gasteiger partial charge in [0.25, 0.3) is 0 Å². The lowest BCUT2D eigenvalue weighted by Gasteiger charge is -2.07. The van der Waals surface area contributed by atoms with E-state index in [0.29, 0.717) is 6.42 Å². The molecule has 1 aliphatic heterocycles. The van der Waals surface area contributed by atoms with Gasteiger partial charge in [-0.2, -0.15) is 5.26 Å². The normalized spacial score (nSPS) is 34.1. The largest absolute Gasteiger partial charge is 0.371 e. The molecule has 1 spiro atoms. The van der Waals surface area contributed by atoms with Crippen LogP contribution in [0.2, 0.25) is 0 Å². The summed E-state index contributed by atoms with van der Waals surface area (Å²) in [6.45, 7) is 0. The summed E-state index contributed by atoms with van der Waals surface area (Å²) in [5.41, 5.74) is 0.265. The molecule has 2 aliphatic rings. The summed E-state index contributed by atoms with van der Waals surface area (Å²) in [5, 5.41) is 8.39. The molecular formula is C8H11NO. The summed E-state index contributed by atoms with van der Waals surface area (Å²) < 4.78 is 5.68. The van der Waals surface area contributed by atoms with Crippen molar-refractivity contribution in [2.24, 2.45) is 0 Å². The van der Waals surface area contributed by atoms with E-state index in [-0.39, 0.29) is 11.7 Å². The topological polar surface area (TPSA) is 33.0 Å². The standard InChI is InChI=1S/C8H11NO/c9-6-2-7-1-3-8(10-7)4-5-8/h7H,1-5H2. The van der Waals surface area contributed by atoms with Crippen molar-refractivity contribution in [3.05, 3.63) is 0 Å². The number of hydrogen-bond donors (Lipinski definition) is 0. The van der Waals surface area contributed by atoms with E-state index in [1.165, 1.54) is 19.3 Å². The molecule has 0 radical (unpaired) electrons. The molecule has 0 N–H and O–H groups in total. The van der Waals surface area contributed by atoms with Gasteiger partial charge in [0.15, 0.2) is 0 Å². The second-order valence-electron chi connectivity index (χ2n) is 3.32. The Kier molecular flexibility index (Phi) is 1.21. The number of ether oxygens (including phenoxy) is 1. The van der Waals surface area contributed by atoms with Gasteiger partial charge in [0.1, 0.15) is 0 Å². The van der Waals surface area contributed by atoms with Gasteiger partial charge in [-0.3, -0.25) is 0 Å². The van der Waals surface area contributed by atoms with E-state index in [0.717, 1.165) is 6.42 Å². The van der Waals surface area contributed by atoms with E-state index < -0.39 is 0 Å². The van der Waals surface area contributed by atoms with Gasteiger partial charge in [0.05, 0.1) is 24.2 Å². The second kappa shape index (κ2) is 1.96. The summed E-state index contributed by atoms with van der Waals surface area (Å²) in [4.78, 5) is 0. The molecule has 0 amide bonds. The predicted octanol–water partition coefficient (Wildman–Crippen LogP) is 1.61. The van der Waals surface area contributed by atoms with Gasteiger partial charge in [-0.15, -0.1) is 0 Å². The van der Waals surface area contributed by atoms with Crippen molar-refractivity contribution in [3.8, 4) is 6.07 Å². The summed E-state index contributed by atoms with van der Waals surface area (Å²) in [5.74, 6) is 0. The average molecular weight is 137 g/mol. The number of rotatable bonds is 1. The van der Waals surface area contributed by atoms with E-state index in [9.17, 15) is 0 Å². The zero-order valence-electron chi connectivity index (χ0n) is 5.97. The van der Waals surface area contributed by atoms with Gasteiger partial charge in [0, 0.05) is 0 Å². The fourth-order valence-electron chi connectivity index (χ4n) is 1.65. The van der Waals surface area contributed by atoms with Gasteiger partial charge in [-0.25, -0.2) is 0 Å². The van der Waals surface area contributed by atoms with E-state index in [4.69, 9.17) is 10.00 Å². The van der Waals surface area contributed by atoms with Gasteiger partial charge in [-0.1, -0.05) is 0 Å². The van der Waals surface area contributed by atoms with Crippen LogP contribution in [0.4, 0.5) is 0 Å². The highest BCUT2D eigenvalue weighted by Crippen LogP contribution is 2.49. The van der Waals surface area contributed by atoms with Gasteiger partial charge in [0.2, 0.25) is 0 Å². The lowest BCUT2D eigenvalue weighted by atomic mass is 10.1. The maximum absolute atomic E-state index is 8.39. The Morgan fingerprint density at radius 3 is 2.80 bits per heavy atom. The Morgan fingerprint density at radius 2 is 2.30 bits per heavy atom. The molecule has 2 fully saturated rings. The molecule has 2 rings (SSSR count). The summed E-state index contributed by atoms with van der Waals surface area (Å²) >= 11 is 0. The zero-order chi connectivity index (χ0) is 7.03. The molecule has 0 aromatic heterocycles. The van der Waals surface area contributed by atoms with Crippen LogP contribution in [0, 0.1) is 11.3 Å². The van der Waals surface area contributed by atoms with Crippen LogP contribution in [-0.2, 0) is 4.74 Å². The molecule has 54 valence electrons. The van der Waals surface area contributed by atoms with Crippen LogP contribution in [0.1, 0.15) is 32.1 Å². The maximum atomic E-state index is 8.39. The first kappa shape index (κ1) is 6.18. The third-order valence-electron chi connectivity index (χ3n) is 2.47. The van der Waals surface area contributed by atoms with E-state index in [1.54, 1.807) is 0 Å². The lowest BCUT2D eigenvalue weighted by molar-refractivity contribution is 0.0309. The molecule has 1 heterocycles. The van der Waals surface area contributed by atoms with Crippen LogP contribution in [0.5, 0.6) is 0 Å². The molecule has 1 saturated carbocycles. The highest BCUT2D eigenvalue weighted by Gasteiger charge is 2.49. The van der Waals surface area contributed by atoms with Crippen LogP contribution in [0.3, 0.4) is 0 Å². The average Bonchev–Trinajstić information content (AvgIpc) is 2.52. The van der Waals surface area contributed by atoms with Crippen LogP contribution in [0.15, 0.2) is 0 Å². The highest BCUT2D eigenvalue weighted by molar-refractivity contribution is 5.01. The summed E-state index contributed by atoms with van der Waals surface area (Å²) in [7, 11) is 0. The summed E-state index contributed by atoms with van der Waals surface area (Å²) in [6, 6.07) is 2.15. The monoisotopic (exact) mass is 137 g/mol. The predicted molar refractivity (Wildman–Crippen MR) is 36.3 cm³/mol. The van der Waals surface area contributed by atoms with Gasteiger partial charge >= 0.3 is 0 Å². The van der Waals surface area contributed by atoms with Crippen molar-refractivity contribution in [1.82, 2.24) is 0 Å². The van der Waals surface area contributed by atoms with Crippen molar-refractivity contribution in [3.63, 3.8) is 0 Å². The molecule has 2 heteroatoms. The Hall–Kier alpha value is -0.550. The SMILES string of the molecule is N#CCC1CCC2(CC2)O1. The first-order valence-corrected chi connectivity index (χ1v) is 3.89. The number of nitriles is 1. The van der Waals surface area contributed by atoms with Crippen molar-refractivity contribution < 1.29 is 4.74 Å². The molecule has 1 aliphatic carbocycles. The molecule has 1 unspecified atom stereocenters. The number of hydrogen-bond acceptors (Lipinski definition) is 2. The van der Waals surface area contributed by atoms with E-state index in [1.807, 2.05) is 0 Å². The number of nitrogens with zero attached hydrogens (tertiary/aromatic N) is 1. The Morgan fingerprint density at radius 1 is 1.50 bits per heavy atom. The van der Waals surface area contributed by atoms with Crippen LogP contribution in [-0.4, -0.2) is 11.7 Å². The Bertz CT molecular complexity index is 178. The molecule has 0 aromatic rings. The summed E-state index contributed by atoms with van der Waals surface area (Å²) in [6.07, 6.45) is 5.60. The minimum absolute atomic E-state index is 0.257. The quantitative estimate of drug-likeness (QED) is 0.550. The fraction of sp³-hybridized carbons (Fsp3) is 0.875. The molecule has 1 atom stereocenters. The van der Waals surface area contributed by atoms with Crippen molar-refractivity contribution in [2.45, 2.75) is 43.8 Å². The highest BCUT2D eigenvalue weighted by atomic mass is 16.5. The minimum atomic E-state index is 0.257. The van der Waals surface area contributed by atoms with Gasteiger partial charge in [-0.05, 0) is 25.7 Å². The van der Waals surface area contributed by atoms with Crippen molar-refractivity contribution >= 4 is 0 Å². The Labute approximate surface area is 60.8 Å². The van der Waals surface area contributed by atoms with Gasteiger partial charge < -0.3 is 4.74 Å². The van der Waals surface area contributed by atoms with E-state index in [2.05, 4.69) is 6.07 Å². The lowest BCUT2D eigenvalue weighted by Crippen LogP contribution is -2.10. The molecule has 2 nitrogen and oxygen atoms in total. The zero-order valence-corrected chi connectivity index (χ0v) is 5.97. The molecule has 0 bridgehead atoms. The molecule has 0 aromatic carbocycles. The molecule has 1 saturated heterocycles. The minimum Gasteiger partial charge on any atom is -0.371 e. The smallest absolute Gasteiger partial charge is 0.0713 e. The third-order valence-corrected chi connectivity index (χ3v) is 2.47. The Balaban J connectivity index is 1.89. The fourth-order valence-corrected chi connectivity index (χ4v) is 1.65. The van der Waals surface area contributed by atoms with E-state index >= 15 is 0 Å². The maximum Gasteiger partial charge on any atom is 0.0713 e. The van der Waals surface area contributed by atoms with Crippen LogP contribution >= 0.6 is 0 Å². The first-order valence-electron chi connectivity index (χ1n) is 3.89. The third kappa shape index (κ3) is 0.911. The molecule has 10 heavy (non-hydrogen) atoms. The van der Waals surface area contributed by atoms with Crippen molar-refractivity contribution in [2.75, 3.05) is 0 Å². The first-order chi connectivity index (χ1) is 4.85. The second-order valence-corrected chi connectivity index (χ2v) is 3.32. The van der Waals surface area contributed by atoms with Crippen molar-refractivity contribution in [1.29, 1.82) is 5.26 Å². The molecular weight excluding hydrogens is 126 g/mol. The van der Waals surface area contributed by atoms with Crippen LogP contribution < -0.4 is 0 Å². The van der Waals surface area contributed by atoms with Crippen LogP contribution in [0.25, 0.3) is 0 Å².